The van der Waals surface area contributed by atoms with Gasteiger partial charge in [-0.1, -0.05) is 34.1 Å². The number of rotatable bonds is 11. The van der Waals surface area contributed by atoms with Gasteiger partial charge in [0.05, 0.1) is 37.1 Å². The van der Waals surface area contributed by atoms with Crippen LogP contribution in [0.2, 0.25) is 0 Å². The molecular weight excluding hydrogens is 606 g/mol. The van der Waals surface area contributed by atoms with Crippen molar-refractivity contribution in [1.29, 1.82) is 5.26 Å². The molecule has 0 saturated carbocycles. The predicted octanol–water partition coefficient (Wildman–Crippen LogP) is 5.76. The van der Waals surface area contributed by atoms with Crippen LogP contribution in [0.1, 0.15) is 37.5 Å². The highest BCUT2D eigenvalue weighted by Crippen LogP contribution is 2.38. The molecule has 216 valence electrons. The van der Waals surface area contributed by atoms with E-state index in [4.69, 9.17) is 18.9 Å². The van der Waals surface area contributed by atoms with Crippen molar-refractivity contribution in [2.45, 2.75) is 27.4 Å². The lowest BCUT2D eigenvalue weighted by Gasteiger charge is -2.28. The van der Waals surface area contributed by atoms with Crippen molar-refractivity contribution in [2.75, 3.05) is 24.7 Å². The fraction of sp³-hybridized carbons (Fsp3) is 0.226. The van der Waals surface area contributed by atoms with Crippen molar-refractivity contribution in [3.8, 4) is 29.1 Å². The van der Waals surface area contributed by atoms with E-state index in [0.717, 1.165) is 4.90 Å². The fourth-order valence-corrected chi connectivity index (χ4v) is 4.63. The number of nitrogens with one attached hydrogen (secondary N) is 1. The number of ether oxygens (including phenoxy) is 4. The molecule has 1 N–H and O–H groups in total. The highest BCUT2D eigenvalue weighted by atomic mass is 79.9. The van der Waals surface area contributed by atoms with Crippen LogP contribution in [0.15, 0.2) is 64.6 Å². The van der Waals surface area contributed by atoms with Gasteiger partial charge in [0.2, 0.25) is 0 Å². The summed E-state index contributed by atoms with van der Waals surface area (Å²) in [4.78, 5) is 40.3. The van der Waals surface area contributed by atoms with Crippen molar-refractivity contribution in [3.05, 3.63) is 81.3 Å². The van der Waals surface area contributed by atoms with Crippen molar-refractivity contribution >= 4 is 45.5 Å². The number of halogens is 1. The largest absolute Gasteiger partial charge is 0.494 e. The van der Waals surface area contributed by atoms with E-state index in [9.17, 15) is 19.6 Å². The van der Waals surface area contributed by atoms with Crippen LogP contribution in [0, 0.1) is 11.3 Å². The van der Waals surface area contributed by atoms with Crippen LogP contribution in [-0.4, -0.2) is 37.7 Å². The third kappa shape index (κ3) is 6.56. The summed E-state index contributed by atoms with van der Waals surface area (Å²) in [6, 6.07) is 16.4. The number of nitrogens with zero attached hydrogens (tertiary/aromatic N) is 2. The number of barbiturate groups is 1. The summed E-state index contributed by atoms with van der Waals surface area (Å²) in [5, 5.41) is 11.6. The lowest BCUT2D eigenvalue weighted by atomic mass is 10.1. The van der Waals surface area contributed by atoms with Crippen molar-refractivity contribution in [2.24, 2.45) is 0 Å². The van der Waals surface area contributed by atoms with Gasteiger partial charge in [-0.3, -0.25) is 14.9 Å². The molecule has 42 heavy (non-hydrogen) atoms. The molecule has 0 bridgehead atoms. The summed E-state index contributed by atoms with van der Waals surface area (Å²) in [5.74, 6) is -0.228. The zero-order chi connectivity index (χ0) is 30.2. The third-order valence-electron chi connectivity index (χ3n) is 6.07. The van der Waals surface area contributed by atoms with Crippen LogP contribution in [0.5, 0.6) is 23.0 Å². The minimum Gasteiger partial charge on any atom is -0.494 e. The minimum absolute atomic E-state index is 0.123. The fourth-order valence-electron chi connectivity index (χ4n) is 4.19. The van der Waals surface area contributed by atoms with Gasteiger partial charge in [-0.2, -0.15) is 5.26 Å². The average Bonchev–Trinajstić information content (AvgIpc) is 2.97. The molecule has 4 rings (SSSR count). The number of hydrogen-bond acceptors (Lipinski definition) is 8. The van der Waals surface area contributed by atoms with Crippen LogP contribution >= 0.6 is 15.9 Å². The van der Waals surface area contributed by atoms with Gasteiger partial charge in [-0.15, -0.1) is 0 Å². The number of imide groups is 2. The first kappa shape index (κ1) is 30.1. The van der Waals surface area contributed by atoms with E-state index < -0.39 is 17.8 Å². The zero-order valence-electron chi connectivity index (χ0n) is 23.2. The summed E-state index contributed by atoms with van der Waals surface area (Å²) < 4.78 is 23.5. The topological polar surface area (TPSA) is 127 Å². The molecular formula is C31H28BrN3O7. The second kappa shape index (κ2) is 13.7. The van der Waals surface area contributed by atoms with Gasteiger partial charge < -0.3 is 18.9 Å². The standard InChI is InChI=1S/C31H28BrN3O7/c1-4-39-22-11-12-26(40-5-2)25(15-22)35-30(37)23(29(36)34-31(35)38)13-21-14-27(41-6-3)28(16-24(21)32)42-18-20-10-8-7-9-19(20)17-33/h7-16H,4-6,18H2,1-3H3,(H,34,36,38)/b23-13+. The lowest BCUT2D eigenvalue weighted by Crippen LogP contribution is -2.54. The number of anilines is 1. The van der Waals surface area contributed by atoms with Gasteiger partial charge in [0.25, 0.3) is 11.8 Å². The van der Waals surface area contributed by atoms with Gasteiger partial charge >= 0.3 is 6.03 Å². The van der Waals surface area contributed by atoms with Crippen LogP contribution < -0.4 is 29.2 Å². The van der Waals surface area contributed by atoms with E-state index in [0.29, 0.717) is 51.6 Å². The number of amides is 4. The van der Waals surface area contributed by atoms with Gasteiger partial charge in [0, 0.05) is 16.1 Å². The SMILES string of the molecule is CCOc1ccc(OCC)c(N2C(=O)NC(=O)/C(=C\c3cc(OCC)c(OCc4ccccc4C#N)cc3Br)C2=O)c1. The highest BCUT2D eigenvalue weighted by molar-refractivity contribution is 9.10. The Labute approximate surface area is 251 Å². The molecule has 3 aromatic rings. The van der Waals surface area contributed by atoms with E-state index in [1.54, 1.807) is 49.4 Å². The smallest absolute Gasteiger partial charge is 0.336 e. The van der Waals surface area contributed by atoms with Crippen LogP contribution in [-0.2, 0) is 16.2 Å². The number of urea groups is 1. The van der Waals surface area contributed by atoms with Crippen LogP contribution in [0.25, 0.3) is 6.08 Å². The first-order valence-electron chi connectivity index (χ1n) is 13.2. The molecule has 0 radical (unpaired) electrons. The molecule has 0 atom stereocenters. The Hall–Kier alpha value is -4.82. The Morgan fingerprint density at radius 3 is 2.29 bits per heavy atom. The molecule has 1 fully saturated rings. The summed E-state index contributed by atoms with van der Waals surface area (Å²) in [5.41, 5.74) is 1.50. The molecule has 1 aliphatic heterocycles. The second-order valence-electron chi connectivity index (χ2n) is 8.76. The van der Waals surface area contributed by atoms with Crippen molar-refractivity contribution in [3.63, 3.8) is 0 Å². The molecule has 0 spiro atoms. The number of nitriles is 1. The number of carbonyl (C=O) groups excluding carboxylic acids is 3. The van der Waals surface area contributed by atoms with Crippen molar-refractivity contribution in [1.82, 2.24) is 5.32 Å². The van der Waals surface area contributed by atoms with Crippen LogP contribution in [0.3, 0.4) is 0 Å². The predicted molar refractivity (Wildman–Crippen MR) is 159 cm³/mol. The molecule has 10 nitrogen and oxygen atoms in total. The Bertz CT molecular complexity index is 1600. The molecule has 11 heteroatoms. The van der Waals surface area contributed by atoms with Gasteiger partial charge in [-0.25, -0.2) is 9.69 Å². The Morgan fingerprint density at radius 1 is 0.881 bits per heavy atom. The molecule has 1 saturated heterocycles. The maximum atomic E-state index is 13.7. The minimum atomic E-state index is -0.910. The van der Waals surface area contributed by atoms with E-state index in [-0.39, 0.29) is 30.2 Å². The Kier molecular flexibility index (Phi) is 9.83. The molecule has 0 aromatic heterocycles. The maximum absolute atomic E-state index is 13.7. The number of hydrogen-bond donors (Lipinski definition) is 1. The highest BCUT2D eigenvalue weighted by Gasteiger charge is 2.38. The number of carbonyl (C=O) groups is 3. The molecule has 3 aromatic carbocycles. The van der Waals surface area contributed by atoms with E-state index >= 15 is 0 Å². The van der Waals surface area contributed by atoms with E-state index in [1.165, 1.54) is 12.1 Å². The maximum Gasteiger partial charge on any atom is 0.336 e. The summed E-state index contributed by atoms with van der Waals surface area (Å²) in [6.07, 6.45) is 1.37. The molecule has 1 heterocycles. The monoisotopic (exact) mass is 633 g/mol. The lowest BCUT2D eigenvalue weighted by molar-refractivity contribution is -0.122. The van der Waals surface area contributed by atoms with E-state index in [2.05, 4.69) is 27.3 Å². The Morgan fingerprint density at radius 2 is 1.57 bits per heavy atom. The molecule has 4 amide bonds. The molecule has 0 unspecified atom stereocenters. The first-order chi connectivity index (χ1) is 20.3. The quantitative estimate of drug-likeness (QED) is 0.208. The van der Waals surface area contributed by atoms with E-state index in [1.807, 2.05) is 19.9 Å². The van der Waals surface area contributed by atoms with Gasteiger partial charge in [-0.05, 0) is 62.7 Å². The third-order valence-corrected chi connectivity index (χ3v) is 6.75. The van der Waals surface area contributed by atoms with Gasteiger partial charge in [0.1, 0.15) is 23.7 Å². The number of benzene rings is 3. The molecule has 0 aliphatic carbocycles. The zero-order valence-corrected chi connectivity index (χ0v) is 24.8. The van der Waals surface area contributed by atoms with Gasteiger partial charge in [0.15, 0.2) is 11.5 Å². The summed E-state index contributed by atoms with van der Waals surface area (Å²) >= 11 is 3.49. The second-order valence-corrected chi connectivity index (χ2v) is 9.62. The average molecular weight is 634 g/mol. The normalized spacial score (nSPS) is 13.9. The van der Waals surface area contributed by atoms with Crippen LogP contribution in [0.4, 0.5) is 10.5 Å². The summed E-state index contributed by atoms with van der Waals surface area (Å²) in [6.45, 7) is 6.50. The van der Waals surface area contributed by atoms with Crippen molar-refractivity contribution < 1.29 is 33.3 Å². The molecule has 1 aliphatic rings. The first-order valence-corrected chi connectivity index (χ1v) is 14.0. The Balaban J connectivity index is 1.71. The summed E-state index contributed by atoms with van der Waals surface area (Å²) in [7, 11) is 0.